The maximum Gasteiger partial charge on any atom is 0.234 e. The number of ether oxygens (including phenoxy) is 1. The minimum atomic E-state index is -0.0807. The zero-order chi connectivity index (χ0) is 21.3. The zero-order valence-electron chi connectivity index (χ0n) is 17.0. The number of halogens is 1. The Morgan fingerprint density at radius 1 is 1.13 bits per heavy atom. The molecular formula is C22H25BrN4O2S. The van der Waals surface area contributed by atoms with Crippen LogP contribution in [0.3, 0.4) is 0 Å². The van der Waals surface area contributed by atoms with E-state index in [1.807, 2.05) is 54.6 Å². The second kappa shape index (κ2) is 11.2. The number of anilines is 1. The van der Waals surface area contributed by atoms with E-state index in [2.05, 4.69) is 49.9 Å². The van der Waals surface area contributed by atoms with Crippen LogP contribution in [0.4, 0.5) is 5.69 Å². The first-order valence-electron chi connectivity index (χ1n) is 9.79. The van der Waals surface area contributed by atoms with Crippen molar-refractivity contribution in [3.05, 3.63) is 64.9 Å². The van der Waals surface area contributed by atoms with Gasteiger partial charge in [-0.1, -0.05) is 59.7 Å². The molecule has 0 bridgehead atoms. The first-order chi connectivity index (χ1) is 14.5. The molecule has 0 aliphatic rings. The number of benzene rings is 2. The molecule has 0 saturated heterocycles. The predicted octanol–water partition coefficient (Wildman–Crippen LogP) is 5.40. The van der Waals surface area contributed by atoms with Crippen molar-refractivity contribution in [3.8, 4) is 5.75 Å². The average molecular weight is 489 g/mol. The van der Waals surface area contributed by atoms with Crippen LogP contribution in [0.2, 0.25) is 0 Å². The highest BCUT2D eigenvalue weighted by atomic mass is 79.9. The van der Waals surface area contributed by atoms with Crippen LogP contribution in [0.1, 0.15) is 26.1 Å². The summed E-state index contributed by atoms with van der Waals surface area (Å²) in [5.74, 6) is 2.28. The van der Waals surface area contributed by atoms with E-state index in [0.717, 1.165) is 39.9 Å². The molecule has 30 heavy (non-hydrogen) atoms. The lowest BCUT2D eigenvalue weighted by atomic mass is 10.1. The monoisotopic (exact) mass is 488 g/mol. The van der Waals surface area contributed by atoms with Gasteiger partial charge in [0.2, 0.25) is 5.91 Å². The molecule has 0 aliphatic heterocycles. The molecule has 1 N–H and O–H groups in total. The zero-order valence-corrected chi connectivity index (χ0v) is 19.4. The number of carbonyl (C=O) groups is 1. The number of hydrogen-bond acceptors (Lipinski definition) is 5. The second-order valence-corrected chi connectivity index (χ2v) is 9.04. The van der Waals surface area contributed by atoms with Gasteiger partial charge in [0.1, 0.15) is 12.4 Å². The van der Waals surface area contributed by atoms with E-state index in [4.69, 9.17) is 4.74 Å². The van der Waals surface area contributed by atoms with Gasteiger partial charge in [-0.25, -0.2) is 0 Å². The molecule has 1 aromatic heterocycles. The quantitative estimate of drug-likeness (QED) is 0.387. The molecule has 0 spiro atoms. The van der Waals surface area contributed by atoms with Crippen LogP contribution in [-0.2, 0) is 17.9 Å². The van der Waals surface area contributed by atoms with Crippen LogP contribution < -0.4 is 10.1 Å². The van der Waals surface area contributed by atoms with E-state index in [0.29, 0.717) is 12.5 Å². The lowest BCUT2D eigenvalue weighted by Crippen LogP contribution is -2.15. The number of nitrogens with one attached hydrogen (secondary N) is 1. The van der Waals surface area contributed by atoms with Crippen molar-refractivity contribution in [1.82, 2.24) is 14.8 Å². The third-order valence-electron chi connectivity index (χ3n) is 4.29. The van der Waals surface area contributed by atoms with Crippen molar-refractivity contribution in [3.63, 3.8) is 0 Å². The third-order valence-corrected chi connectivity index (χ3v) is 5.79. The Balaban J connectivity index is 1.62. The van der Waals surface area contributed by atoms with Crippen LogP contribution in [0.15, 0.2) is 64.2 Å². The van der Waals surface area contributed by atoms with Crippen molar-refractivity contribution in [2.45, 2.75) is 38.6 Å². The first kappa shape index (κ1) is 22.4. The normalized spacial score (nSPS) is 10.9. The van der Waals surface area contributed by atoms with Crippen molar-refractivity contribution in [2.75, 3.05) is 11.1 Å². The number of nitrogens with zero attached hydrogens (tertiary/aromatic N) is 3. The number of amides is 1. The maximum atomic E-state index is 12.3. The molecule has 3 aromatic rings. The molecule has 6 nitrogen and oxygen atoms in total. The van der Waals surface area contributed by atoms with Crippen LogP contribution in [0.5, 0.6) is 5.75 Å². The van der Waals surface area contributed by atoms with Gasteiger partial charge in [0.05, 0.1) is 5.75 Å². The van der Waals surface area contributed by atoms with E-state index in [1.165, 1.54) is 11.8 Å². The molecule has 0 radical (unpaired) electrons. The summed E-state index contributed by atoms with van der Waals surface area (Å²) in [4.78, 5) is 12.3. The fraction of sp³-hybridized carbons (Fsp3) is 0.318. The number of para-hydroxylation sites is 1. The summed E-state index contributed by atoms with van der Waals surface area (Å²) in [7, 11) is 0. The first-order valence-corrected chi connectivity index (χ1v) is 11.6. The smallest absolute Gasteiger partial charge is 0.234 e. The summed E-state index contributed by atoms with van der Waals surface area (Å²) in [6.07, 6.45) is 0.995. The topological polar surface area (TPSA) is 69.0 Å². The van der Waals surface area contributed by atoms with E-state index < -0.39 is 0 Å². The molecule has 1 amide bonds. The summed E-state index contributed by atoms with van der Waals surface area (Å²) < 4.78 is 8.88. The summed E-state index contributed by atoms with van der Waals surface area (Å²) in [5.41, 5.74) is 0.766. The van der Waals surface area contributed by atoms with Crippen molar-refractivity contribution in [2.24, 2.45) is 5.92 Å². The molecule has 0 saturated carbocycles. The fourth-order valence-corrected chi connectivity index (χ4v) is 3.72. The minimum Gasteiger partial charge on any atom is -0.486 e. The standard InChI is InChI=1S/C22H25BrN4O2S/c1-16(2)12-13-27-20(14-29-19-6-4-3-5-7-19)25-26-22(27)30-15-21(28)24-18-10-8-17(23)9-11-18/h3-11,16H,12-15H2,1-2H3,(H,24,28). The molecule has 1 heterocycles. The molecule has 0 atom stereocenters. The molecule has 2 aromatic carbocycles. The van der Waals surface area contributed by atoms with Gasteiger partial charge in [-0.05, 0) is 48.7 Å². The van der Waals surface area contributed by atoms with Crippen LogP contribution >= 0.6 is 27.7 Å². The van der Waals surface area contributed by atoms with Crippen molar-refractivity contribution < 1.29 is 9.53 Å². The van der Waals surface area contributed by atoms with Crippen LogP contribution in [0.25, 0.3) is 0 Å². The number of aromatic nitrogens is 3. The predicted molar refractivity (Wildman–Crippen MR) is 124 cm³/mol. The summed E-state index contributed by atoms with van der Waals surface area (Å²) >= 11 is 4.77. The molecule has 0 unspecified atom stereocenters. The lowest BCUT2D eigenvalue weighted by Gasteiger charge is -2.12. The van der Waals surface area contributed by atoms with Crippen molar-refractivity contribution in [1.29, 1.82) is 0 Å². The SMILES string of the molecule is CC(C)CCn1c(COc2ccccc2)nnc1SCC(=O)Nc1ccc(Br)cc1. The van der Waals surface area contributed by atoms with Gasteiger partial charge in [0.25, 0.3) is 0 Å². The number of rotatable bonds is 10. The highest BCUT2D eigenvalue weighted by Crippen LogP contribution is 2.21. The van der Waals surface area contributed by atoms with Gasteiger partial charge in [-0.2, -0.15) is 0 Å². The Labute approximate surface area is 189 Å². The summed E-state index contributed by atoms with van der Waals surface area (Å²) in [6.45, 7) is 5.49. The molecule has 0 aliphatic carbocycles. The highest BCUT2D eigenvalue weighted by molar-refractivity contribution is 9.10. The Bertz CT molecular complexity index is 946. The van der Waals surface area contributed by atoms with Crippen LogP contribution in [-0.4, -0.2) is 26.4 Å². The fourth-order valence-electron chi connectivity index (χ4n) is 2.67. The van der Waals surface area contributed by atoms with E-state index in [9.17, 15) is 4.79 Å². The van der Waals surface area contributed by atoms with Gasteiger partial charge in [0, 0.05) is 16.7 Å². The van der Waals surface area contributed by atoms with Gasteiger partial charge < -0.3 is 14.6 Å². The molecule has 3 rings (SSSR count). The Morgan fingerprint density at radius 2 is 1.87 bits per heavy atom. The van der Waals surface area contributed by atoms with Crippen LogP contribution in [0, 0.1) is 5.92 Å². The van der Waals surface area contributed by atoms with E-state index in [-0.39, 0.29) is 11.7 Å². The van der Waals surface area contributed by atoms with Gasteiger partial charge in [-0.3, -0.25) is 4.79 Å². The van der Waals surface area contributed by atoms with Gasteiger partial charge >= 0.3 is 0 Å². The Hall–Kier alpha value is -2.32. The summed E-state index contributed by atoms with van der Waals surface area (Å²) in [5, 5.41) is 12.2. The van der Waals surface area contributed by atoms with Gasteiger partial charge in [0.15, 0.2) is 11.0 Å². The lowest BCUT2D eigenvalue weighted by molar-refractivity contribution is -0.113. The highest BCUT2D eigenvalue weighted by Gasteiger charge is 2.15. The molecule has 8 heteroatoms. The number of carbonyl (C=O) groups excluding carboxylic acids is 1. The minimum absolute atomic E-state index is 0.0807. The number of thioether (sulfide) groups is 1. The number of hydrogen-bond donors (Lipinski definition) is 1. The second-order valence-electron chi connectivity index (χ2n) is 7.18. The maximum absolute atomic E-state index is 12.3. The van der Waals surface area contributed by atoms with Crippen molar-refractivity contribution >= 4 is 39.3 Å². The molecule has 158 valence electrons. The van der Waals surface area contributed by atoms with E-state index >= 15 is 0 Å². The van der Waals surface area contributed by atoms with E-state index in [1.54, 1.807) is 0 Å². The Morgan fingerprint density at radius 3 is 2.57 bits per heavy atom. The average Bonchev–Trinajstić information content (AvgIpc) is 3.13. The molecular weight excluding hydrogens is 464 g/mol. The largest absolute Gasteiger partial charge is 0.486 e. The summed E-state index contributed by atoms with van der Waals surface area (Å²) in [6, 6.07) is 17.1. The Kier molecular flexibility index (Phi) is 8.33. The third kappa shape index (κ3) is 6.88. The molecule has 0 fully saturated rings. The van der Waals surface area contributed by atoms with Gasteiger partial charge in [-0.15, -0.1) is 10.2 Å².